The summed E-state index contributed by atoms with van der Waals surface area (Å²) in [4.78, 5) is 8.58. The Hall–Kier alpha value is -0.610. The number of rotatable bonds is 8. The van der Waals surface area contributed by atoms with Gasteiger partial charge in [0.1, 0.15) is 0 Å². The Morgan fingerprint density at radius 3 is 2.21 bits per heavy atom. The second-order valence-corrected chi connectivity index (χ2v) is 6.50. The van der Waals surface area contributed by atoms with E-state index in [-0.39, 0.29) is 0 Å². The van der Waals surface area contributed by atoms with Crippen LogP contribution in [0.25, 0.3) is 0 Å². The molecule has 2 N–H and O–H groups in total. The lowest BCUT2D eigenvalue weighted by molar-refractivity contribution is 0.506. The minimum Gasteiger partial charge on any atom is -0.345 e. The van der Waals surface area contributed by atoms with Gasteiger partial charge in [0.2, 0.25) is 0 Å². The molecule has 0 aromatic carbocycles. The molecule has 0 radical (unpaired) electrons. The molecule has 4 heteroatoms. The zero-order valence-corrected chi connectivity index (χ0v) is 13.9. The number of hydrogen-bond donors (Lipinski definition) is 1. The van der Waals surface area contributed by atoms with Crippen molar-refractivity contribution in [2.24, 2.45) is 11.7 Å². The molecule has 0 aliphatic heterocycles. The van der Waals surface area contributed by atoms with Crippen molar-refractivity contribution in [1.82, 2.24) is 4.98 Å². The van der Waals surface area contributed by atoms with Crippen LogP contribution in [0.2, 0.25) is 0 Å². The minimum atomic E-state index is 0.587. The van der Waals surface area contributed by atoms with Gasteiger partial charge in [0, 0.05) is 24.0 Å². The van der Waals surface area contributed by atoms with Crippen LogP contribution in [-0.2, 0) is 13.0 Å². The van der Waals surface area contributed by atoms with Gasteiger partial charge in [-0.15, -0.1) is 11.3 Å². The van der Waals surface area contributed by atoms with Crippen LogP contribution < -0.4 is 10.6 Å². The van der Waals surface area contributed by atoms with Crippen molar-refractivity contribution >= 4 is 16.5 Å². The first-order valence-corrected chi connectivity index (χ1v) is 8.34. The predicted molar refractivity (Wildman–Crippen MR) is 85.9 cm³/mol. The highest BCUT2D eigenvalue weighted by Crippen LogP contribution is 2.30. The van der Waals surface area contributed by atoms with Crippen molar-refractivity contribution in [2.45, 2.75) is 66.5 Å². The Kier molecular flexibility index (Phi) is 6.80. The summed E-state index contributed by atoms with van der Waals surface area (Å²) in [6, 6.07) is 0.587. The van der Waals surface area contributed by atoms with E-state index in [1.54, 1.807) is 11.3 Å². The SMILES string of the molecule is CCc1nc(N(CC(C)C)C(CC)CC)sc1CN. The molecule has 110 valence electrons. The lowest BCUT2D eigenvalue weighted by Gasteiger charge is -2.31. The molecular weight excluding hydrogens is 254 g/mol. The molecule has 0 unspecified atom stereocenters. The molecule has 0 atom stereocenters. The van der Waals surface area contributed by atoms with Crippen molar-refractivity contribution in [3.8, 4) is 0 Å². The fourth-order valence-electron chi connectivity index (χ4n) is 2.43. The van der Waals surface area contributed by atoms with Gasteiger partial charge in [0.25, 0.3) is 0 Å². The number of nitrogens with zero attached hydrogens (tertiary/aromatic N) is 2. The van der Waals surface area contributed by atoms with Crippen molar-refractivity contribution in [2.75, 3.05) is 11.4 Å². The molecule has 0 saturated heterocycles. The summed E-state index contributed by atoms with van der Waals surface area (Å²) in [6.07, 6.45) is 3.31. The first kappa shape index (κ1) is 16.4. The van der Waals surface area contributed by atoms with Gasteiger partial charge in [0.05, 0.1) is 5.69 Å². The van der Waals surface area contributed by atoms with E-state index in [2.05, 4.69) is 39.5 Å². The molecule has 0 spiro atoms. The summed E-state index contributed by atoms with van der Waals surface area (Å²) >= 11 is 1.78. The van der Waals surface area contributed by atoms with Gasteiger partial charge >= 0.3 is 0 Å². The van der Waals surface area contributed by atoms with Gasteiger partial charge in [-0.1, -0.05) is 34.6 Å². The number of anilines is 1. The summed E-state index contributed by atoms with van der Waals surface area (Å²) < 4.78 is 0. The maximum absolute atomic E-state index is 5.83. The lowest BCUT2D eigenvalue weighted by Crippen LogP contribution is -2.37. The van der Waals surface area contributed by atoms with Crippen molar-refractivity contribution < 1.29 is 0 Å². The first-order valence-electron chi connectivity index (χ1n) is 7.52. The molecule has 0 amide bonds. The van der Waals surface area contributed by atoms with Gasteiger partial charge in [0.15, 0.2) is 5.13 Å². The van der Waals surface area contributed by atoms with Gasteiger partial charge in [-0.05, 0) is 25.2 Å². The summed E-state index contributed by atoms with van der Waals surface area (Å²) in [5.41, 5.74) is 7.02. The van der Waals surface area contributed by atoms with Crippen LogP contribution in [0.1, 0.15) is 58.0 Å². The fraction of sp³-hybridized carbons (Fsp3) is 0.800. The number of thiazole rings is 1. The molecule has 0 bridgehead atoms. The molecule has 19 heavy (non-hydrogen) atoms. The number of aryl methyl sites for hydroxylation is 1. The monoisotopic (exact) mass is 283 g/mol. The Morgan fingerprint density at radius 2 is 1.84 bits per heavy atom. The zero-order chi connectivity index (χ0) is 14.4. The zero-order valence-electron chi connectivity index (χ0n) is 13.1. The Balaban J connectivity index is 3.05. The Bertz CT molecular complexity index is 348. The van der Waals surface area contributed by atoms with Gasteiger partial charge in [-0.25, -0.2) is 4.98 Å². The van der Waals surface area contributed by atoms with E-state index in [1.165, 1.54) is 28.5 Å². The molecule has 0 saturated carbocycles. The quantitative estimate of drug-likeness (QED) is 0.788. The van der Waals surface area contributed by atoms with E-state index in [0.29, 0.717) is 18.5 Å². The lowest BCUT2D eigenvalue weighted by atomic mass is 10.1. The number of nitrogens with two attached hydrogens (primary N) is 1. The van der Waals surface area contributed by atoms with Gasteiger partial charge in [-0.2, -0.15) is 0 Å². The molecule has 0 aliphatic rings. The first-order chi connectivity index (χ1) is 9.07. The molecule has 0 fully saturated rings. The van der Waals surface area contributed by atoms with Crippen LogP contribution in [0.15, 0.2) is 0 Å². The third kappa shape index (κ3) is 4.18. The molecular formula is C15H29N3S. The Morgan fingerprint density at radius 1 is 1.21 bits per heavy atom. The summed E-state index contributed by atoms with van der Waals surface area (Å²) in [7, 11) is 0. The maximum atomic E-state index is 5.83. The van der Waals surface area contributed by atoms with Crippen LogP contribution in [0.3, 0.4) is 0 Å². The van der Waals surface area contributed by atoms with Crippen LogP contribution in [-0.4, -0.2) is 17.6 Å². The van der Waals surface area contributed by atoms with Crippen LogP contribution in [0.5, 0.6) is 0 Å². The Labute approximate surface area is 122 Å². The molecule has 1 aromatic rings. The molecule has 1 aromatic heterocycles. The van der Waals surface area contributed by atoms with Crippen LogP contribution in [0.4, 0.5) is 5.13 Å². The van der Waals surface area contributed by atoms with E-state index in [9.17, 15) is 0 Å². The summed E-state index contributed by atoms with van der Waals surface area (Å²) in [6.45, 7) is 12.9. The summed E-state index contributed by atoms with van der Waals surface area (Å²) in [5, 5.41) is 1.17. The topological polar surface area (TPSA) is 42.2 Å². The van der Waals surface area contributed by atoms with E-state index < -0.39 is 0 Å². The van der Waals surface area contributed by atoms with Gasteiger partial charge in [-0.3, -0.25) is 0 Å². The summed E-state index contributed by atoms with van der Waals surface area (Å²) in [5.74, 6) is 0.649. The molecule has 3 nitrogen and oxygen atoms in total. The standard InChI is InChI=1S/C15H29N3S/c1-6-12(7-2)18(10-11(4)5)15-17-13(8-3)14(9-16)19-15/h11-12H,6-10,16H2,1-5H3. The highest BCUT2D eigenvalue weighted by atomic mass is 32.1. The van der Waals surface area contributed by atoms with E-state index in [4.69, 9.17) is 10.7 Å². The van der Waals surface area contributed by atoms with Crippen molar-refractivity contribution in [3.63, 3.8) is 0 Å². The average Bonchev–Trinajstić information content (AvgIpc) is 2.81. The van der Waals surface area contributed by atoms with Crippen LogP contribution in [0, 0.1) is 5.92 Å². The van der Waals surface area contributed by atoms with E-state index in [0.717, 1.165) is 13.0 Å². The molecule has 1 heterocycles. The minimum absolute atomic E-state index is 0.587. The second kappa shape index (κ2) is 7.85. The normalized spacial score (nSPS) is 11.6. The average molecular weight is 283 g/mol. The molecule has 0 aliphatic carbocycles. The van der Waals surface area contributed by atoms with E-state index in [1.807, 2.05) is 0 Å². The highest BCUT2D eigenvalue weighted by molar-refractivity contribution is 7.15. The van der Waals surface area contributed by atoms with Gasteiger partial charge < -0.3 is 10.6 Å². The number of aromatic nitrogens is 1. The van der Waals surface area contributed by atoms with E-state index >= 15 is 0 Å². The molecule has 1 rings (SSSR count). The fourth-order valence-corrected chi connectivity index (χ4v) is 3.54. The smallest absolute Gasteiger partial charge is 0.186 e. The highest BCUT2D eigenvalue weighted by Gasteiger charge is 2.21. The predicted octanol–water partition coefficient (Wildman–Crippen LogP) is 3.82. The van der Waals surface area contributed by atoms with Crippen molar-refractivity contribution in [1.29, 1.82) is 0 Å². The maximum Gasteiger partial charge on any atom is 0.186 e. The number of hydrogen-bond acceptors (Lipinski definition) is 4. The third-order valence-electron chi connectivity index (χ3n) is 3.48. The largest absolute Gasteiger partial charge is 0.345 e. The van der Waals surface area contributed by atoms with Crippen LogP contribution >= 0.6 is 11.3 Å². The third-order valence-corrected chi connectivity index (χ3v) is 4.64. The second-order valence-electron chi connectivity index (χ2n) is 5.44. The van der Waals surface area contributed by atoms with Crippen molar-refractivity contribution in [3.05, 3.63) is 10.6 Å².